The highest BCUT2D eigenvalue weighted by Crippen LogP contribution is 2.38. The molecule has 0 radical (unpaired) electrons. The smallest absolute Gasteiger partial charge is 0.416 e. The number of nitrogens with zero attached hydrogens (tertiary/aromatic N) is 5. The van der Waals surface area contributed by atoms with Gasteiger partial charge in [0, 0.05) is 30.4 Å². The van der Waals surface area contributed by atoms with E-state index in [4.69, 9.17) is 9.72 Å². The normalized spacial score (nSPS) is 13.3. The molecule has 0 unspecified atom stereocenters. The van der Waals surface area contributed by atoms with E-state index in [0.29, 0.717) is 28.6 Å². The second-order valence-electron chi connectivity index (χ2n) is 9.70. The van der Waals surface area contributed by atoms with E-state index < -0.39 is 17.8 Å². The number of rotatable bonds is 7. The Morgan fingerprint density at radius 1 is 1.07 bits per heavy atom. The van der Waals surface area contributed by atoms with E-state index >= 15 is 0 Å². The quantitative estimate of drug-likeness (QED) is 0.236. The molecule has 0 atom stereocenters. The number of aromatic nitrogens is 5. The second kappa shape index (κ2) is 10.5. The summed E-state index contributed by atoms with van der Waals surface area (Å²) in [4.78, 5) is 28.3. The third-order valence-electron chi connectivity index (χ3n) is 6.78. The van der Waals surface area contributed by atoms with E-state index in [0.717, 1.165) is 30.5 Å². The molecule has 0 saturated heterocycles. The summed E-state index contributed by atoms with van der Waals surface area (Å²) in [6.07, 6.45) is -1.57. The number of carbonyl (C=O) groups is 1. The summed E-state index contributed by atoms with van der Waals surface area (Å²) in [5, 5.41) is 9.99. The zero-order valence-corrected chi connectivity index (χ0v) is 21.8. The summed E-state index contributed by atoms with van der Waals surface area (Å²) in [6.45, 7) is 0.0659. The fourth-order valence-electron chi connectivity index (χ4n) is 4.45. The molecule has 2 N–H and O–H groups in total. The minimum atomic E-state index is -4.53. The second-order valence-corrected chi connectivity index (χ2v) is 9.70. The van der Waals surface area contributed by atoms with Crippen molar-refractivity contribution in [2.45, 2.75) is 31.7 Å². The summed E-state index contributed by atoms with van der Waals surface area (Å²) in [7, 11) is 1.91. The van der Waals surface area contributed by atoms with Crippen LogP contribution in [-0.4, -0.2) is 44.3 Å². The van der Waals surface area contributed by atoms with E-state index in [1.807, 2.05) is 42.3 Å². The van der Waals surface area contributed by atoms with Gasteiger partial charge in [0.2, 0.25) is 5.95 Å². The van der Waals surface area contributed by atoms with Gasteiger partial charge in [-0.05, 0) is 42.7 Å². The van der Waals surface area contributed by atoms with Gasteiger partial charge < -0.3 is 9.64 Å². The number of anilines is 2. The Morgan fingerprint density at radius 2 is 1.88 bits per heavy atom. The topological polar surface area (TPSA) is 109 Å². The molecular weight excluding hydrogens is 535 g/mol. The van der Waals surface area contributed by atoms with Crippen molar-refractivity contribution in [2.24, 2.45) is 0 Å². The number of nitrogens with one attached hydrogen (secondary N) is 2. The fraction of sp³-hybridized carbons (Fsp3) is 0.207. The van der Waals surface area contributed by atoms with E-state index in [2.05, 4.69) is 25.5 Å². The van der Waals surface area contributed by atoms with E-state index in [-0.39, 0.29) is 29.3 Å². The van der Waals surface area contributed by atoms with Crippen LogP contribution < -0.4 is 10.2 Å². The summed E-state index contributed by atoms with van der Waals surface area (Å²) in [5.41, 5.74) is 1.72. The zero-order valence-electron chi connectivity index (χ0n) is 21.8. The van der Waals surface area contributed by atoms with Crippen molar-refractivity contribution in [2.75, 3.05) is 17.3 Å². The maximum Gasteiger partial charge on any atom is 0.416 e. The number of amides is 1. The number of aromatic amines is 1. The van der Waals surface area contributed by atoms with Crippen molar-refractivity contribution >= 4 is 28.9 Å². The molecule has 3 heterocycles. The molecule has 2 aromatic carbocycles. The van der Waals surface area contributed by atoms with E-state index in [1.54, 1.807) is 24.4 Å². The van der Waals surface area contributed by atoms with E-state index in [9.17, 15) is 18.0 Å². The Hall–Kier alpha value is -5.00. The standard InChI is InChI=1S/C29H24F3N7O2/c1-39(20-10-11-20)27-33-13-12-23(34-27)21-15-22-25(35-24(21)18-8-5-9-19(14-18)29(30,31)32)37-38-26(22)36-28(40)41-16-17-6-3-2-4-7-17/h2-9,12-15,20H,10-11,16H2,1H3,(H2,35,36,37,38,40). The number of H-pyrrole nitrogens is 1. The highest BCUT2D eigenvalue weighted by molar-refractivity contribution is 5.99. The van der Waals surface area contributed by atoms with Crippen LogP contribution >= 0.6 is 0 Å². The lowest BCUT2D eigenvalue weighted by molar-refractivity contribution is -0.137. The zero-order chi connectivity index (χ0) is 28.6. The molecular formula is C29H24F3N7O2. The van der Waals surface area contributed by atoms with Gasteiger partial charge in [-0.3, -0.25) is 10.4 Å². The Balaban J connectivity index is 1.40. The van der Waals surface area contributed by atoms with Crippen LogP contribution in [0.3, 0.4) is 0 Å². The van der Waals surface area contributed by atoms with Crippen molar-refractivity contribution in [3.63, 3.8) is 0 Å². The van der Waals surface area contributed by atoms with Crippen LogP contribution in [0.2, 0.25) is 0 Å². The largest absolute Gasteiger partial charge is 0.444 e. The Kier molecular flexibility index (Phi) is 6.73. The highest BCUT2D eigenvalue weighted by atomic mass is 19.4. The molecule has 0 aliphatic heterocycles. The number of fused-ring (bicyclic) bond motifs is 1. The van der Waals surface area contributed by atoms with Crippen molar-refractivity contribution in [3.8, 4) is 22.5 Å². The molecule has 41 heavy (non-hydrogen) atoms. The Morgan fingerprint density at radius 3 is 2.63 bits per heavy atom. The lowest BCUT2D eigenvalue weighted by Gasteiger charge is -2.17. The molecule has 1 saturated carbocycles. The van der Waals surface area contributed by atoms with Crippen LogP contribution in [0, 0.1) is 0 Å². The monoisotopic (exact) mass is 559 g/mol. The summed E-state index contributed by atoms with van der Waals surface area (Å²) >= 11 is 0. The predicted octanol–water partition coefficient (Wildman–Crippen LogP) is 6.45. The van der Waals surface area contributed by atoms with Gasteiger partial charge >= 0.3 is 12.3 Å². The average Bonchev–Trinajstić information content (AvgIpc) is 3.77. The first-order valence-corrected chi connectivity index (χ1v) is 12.9. The van der Waals surface area contributed by atoms with Gasteiger partial charge in [-0.15, -0.1) is 0 Å². The molecule has 1 aliphatic carbocycles. The van der Waals surface area contributed by atoms with Crippen molar-refractivity contribution in [1.82, 2.24) is 25.1 Å². The first-order valence-electron chi connectivity index (χ1n) is 12.9. The first-order chi connectivity index (χ1) is 19.8. The van der Waals surface area contributed by atoms with Crippen molar-refractivity contribution in [1.29, 1.82) is 0 Å². The molecule has 9 nitrogen and oxygen atoms in total. The Labute approximate surface area is 232 Å². The number of carbonyl (C=O) groups excluding carboxylic acids is 1. The highest BCUT2D eigenvalue weighted by Gasteiger charge is 2.31. The van der Waals surface area contributed by atoms with Crippen LogP contribution in [-0.2, 0) is 17.5 Å². The maximum atomic E-state index is 13.6. The van der Waals surface area contributed by atoms with Gasteiger partial charge in [-0.25, -0.2) is 19.7 Å². The molecule has 12 heteroatoms. The number of hydrogen-bond acceptors (Lipinski definition) is 7. The van der Waals surface area contributed by atoms with Crippen molar-refractivity contribution in [3.05, 3.63) is 84.1 Å². The number of alkyl halides is 3. The van der Waals surface area contributed by atoms with Crippen LogP contribution in [0.4, 0.5) is 29.7 Å². The number of hydrogen-bond donors (Lipinski definition) is 2. The molecule has 6 rings (SSSR count). The number of benzene rings is 2. The van der Waals surface area contributed by atoms with Crippen molar-refractivity contribution < 1.29 is 22.7 Å². The third kappa shape index (κ3) is 5.67. The summed E-state index contributed by atoms with van der Waals surface area (Å²) < 4.78 is 46.0. The minimum absolute atomic E-state index is 0.0659. The van der Waals surface area contributed by atoms with E-state index in [1.165, 1.54) is 6.07 Å². The minimum Gasteiger partial charge on any atom is -0.444 e. The number of halogens is 3. The maximum absolute atomic E-state index is 13.6. The Bertz CT molecular complexity index is 1720. The van der Waals surface area contributed by atoms with Gasteiger partial charge in [0.15, 0.2) is 11.5 Å². The van der Waals surface area contributed by atoms with Crippen LogP contribution in [0.5, 0.6) is 0 Å². The summed E-state index contributed by atoms with van der Waals surface area (Å²) in [5.74, 6) is 0.655. The fourth-order valence-corrected chi connectivity index (χ4v) is 4.45. The van der Waals surface area contributed by atoms with Gasteiger partial charge in [0.1, 0.15) is 6.61 Å². The first kappa shape index (κ1) is 26.2. The van der Waals surface area contributed by atoms with Gasteiger partial charge in [-0.1, -0.05) is 42.5 Å². The van der Waals surface area contributed by atoms with Gasteiger partial charge in [0.25, 0.3) is 0 Å². The van der Waals surface area contributed by atoms with Crippen LogP contribution in [0.1, 0.15) is 24.0 Å². The molecule has 0 spiro atoms. The molecule has 3 aromatic heterocycles. The van der Waals surface area contributed by atoms with Gasteiger partial charge in [-0.2, -0.15) is 18.3 Å². The SMILES string of the molecule is CN(c1nccc(-c2cc3c(NC(=O)OCc4ccccc4)n[nH]c3nc2-c2cccc(C(F)(F)F)c2)n1)C1CC1. The predicted molar refractivity (Wildman–Crippen MR) is 147 cm³/mol. The molecule has 208 valence electrons. The molecule has 1 aliphatic rings. The van der Waals surface area contributed by atoms with Crippen LogP contribution in [0.15, 0.2) is 72.9 Å². The average molecular weight is 560 g/mol. The van der Waals surface area contributed by atoms with Gasteiger partial charge in [0.05, 0.1) is 22.3 Å². The lowest BCUT2D eigenvalue weighted by atomic mass is 10.00. The number of pyridine rings is 1. The number of ether oxygens (including phenoxy) is 1. The molecule has 1 amide bonds. The lowest BCUT2D eigenvalue weighted by Crippen LogP contribution is -2.22. The molecule has 0 bridgehead atoms. The molecule has 1 fully saturated rings. The third-order valence-corrected chi connectivity index (χ3v) is 6.78. The molecule has 5 aromatic rings. The summed E-state index contributed by atoms with van der Waals surface area (Å²) in [6, 6.07) is 17.9. The van der Waals surface area contributed by atoms with Crippen LogP contribution in [0.25, 0.3) is 33.5 Å².